The number of aromatic carboxylic acids is 1. The number of carboxylic acid groups (broad SMARTS) is 1. The van der Waals surface area contributed by atoms with Gasteiger partial charge in [0.05, 0.1) is 5.56 Å². The van der Waals surface area contributed by atoms with Crippen LogP contribution in [0.5, 0.6) is 0 Å². The highest BCUT2D eigenvalue weighted by molar-refractivity contribution is 6.26. The summed E-state index contributed by atoms with van der Waals surface area (Å²) in [6.07, 6.45) is -4.72. The van der Waals surface area contributed by atoms with Crippen LogP contribution in [0.1, 0.15) is 31.8 Å². The minimum absolute atomic E-state index is 0.0843. The van der Waals surface area contributed by atoms with Crippen LogP contribution in [0.2, 0.25) is 0 Å². The molecule has 3 aromatic rings. The maximum Gasteiger partial charge on any atom is 0.442 e. The second-order valence-corrected chi connectivity index (χ2v) is 7.04. The predicted octanol–water partition coefficient (Wildman–Crippen LogP) is 5.44. The van der Waals surface area contributed by atoms with E-state index in [-0.39, 0.29) is 33.6 Å². The lowest BCUT2D eigenvalue weighted by molar-refractivity contribution is -0.166. The molecule has 30 heavy (non-hydrogen) atoms. The Kier molecular flexibility index (Phi) is 3.56. The van der Waals surface area contributed by atoms with Gasteiger partial charge < -0.3 is 5.11 Å². The van der Waals surface area contributed by atoms with E-state index in [1.165, 1.54) is 30.3 Å². The van der Waals surface area contributed by atoms with E-state index in [1.807, 2.05) is 0 Å². The lowest BCUT2D eigenvalue weighted by Gasteiger charge is -2.17. The van der Waals surface area contributed by atoms with Gasteiger partial charge in [-0.1, -0.05) is 48.5 Å². The van der Waals surface area contributed by atoms with Crippen molar-refractivity contribution in [3.63, 3.8) is 0 Å². The average Bonchev–Trinajstić information content (AvgIpc) is 3.50. The summed E-state index contributed by atoms with van der Waals surface area (Å²) >= 11 is 0. The molecule has 0 amide bonds. The molecule has 5 nitrogen and oxygen atoms in total. The number of hydrogen-bond donors (Lipinski definition) is 1. The van der Waals surface area contributed by atoms with Gasteiger partial charge in [0.25, 0.3) is 0 Å². The molecule has 1 heterocycles. The Hall–Kier alpha value is -3.81. The summed E-state index contributed by atoms with van der Waals surface area (Å²) in [5.74, 6) is -1.65. The largest absolute Gasteiger partial charge is 0.478 e. The molecule has 0 aromatic heterocycles. The van der Waals surface area contributed by atoms with Gasteiger partial charge in [-0.2, -0.15) is 13.2 Å². The van der Waals surface area contributed by atoms with Gasteiger partial charge in [0.15, 0.2) is 5.78 Å². The van der Waals surface area contributed by atoms with Crippen molar-refractivity contribution in [1.29, 1.82) is 0 Å². The lowest BCUT2D eigenvalue weighted by Crippen LogP contribution is -2.30. The van der Waals surface area contributed by atoms with E-state index in [4.69, 9.17) is 0 Å². The quantitative estimate of drug-likeness (QED) is 0.490. The molecule has 8 heteroatoms. The van der Waals surface area contributed by atoms with Crippen LogP contribution >= 0.6 is 0 Å². The van der Waals surface area contributed by atoms with Crippen molar-refractivity contribution < 1.29 is 27.9 Å². The van der Waals surface area contributed by atoms with Crippen molar-refractivity contribution in [2.45, 2.75) is 11.8 Å². The zero-order chi connectivity index (χ0) is 21.3. The second kappa shape index (κ2) is 5.85. The first-order valence-corrected chi connectivity index (χ1v) is 8.91. The smallest absolute Gasteiger partial charge is 0.442 e. The molecule has 1 aliphatic heterocycles. The molecule has 148 valence electrons. The molecule has 1 aliphatic carbocycles. The summed E-state index contributed by atoms with van der Waals surface area (Å²) in [6.45, 7) is 0. The van der Waals surface area contributed by atoms with Gasteiger partial charge in [-0.05, 0) is 28.8 Å². The molecule has 5 rings (SSSR count). The Morgan fingerprint density at radius 3 is 2.20 bits per heavy atom. The van der Waals surface area contributed by atoms with Crippen LogP contribution in [0.4, 0.5) is 13.2 Å². The standard InChI is InChI=1S/C22H11F3N2O3/c23-22(24,25)21(26-27-21)12-5-3-4-11(10-12)17-16(20(29)30)9-8-14-13-6-1-2-7-15(13)19(28)18(14)17/h1-10H,(H,29,30). The van der Waals surface area contributed by atoms with Crippen molar-refractivity contribution in [2.75, 3.05) is 0 Å². The zero-order valence-electron chi connectivity index (χ0n) is 15.1. The third-order valence-corrected chi connectivity index (χ3v) is 5.37. The van der Waals surface area contributed by atoms with E-state index < -0.39 is 17.8 Å². The molecule has 0 atom stereocenters. The van der Waals surface area contributed by atoms with E-state index in [9.17, 15) is 27.9 Å². The molecule has 0 radical (unpaired) electrons. The van der Waals surface area contributed by atoms with Gasteiger partial charge >= 0.3 is 17.8 Å². The van der Waals surface area contributed by atoms with E-state index in [0.717, 1.165) is 0 Å². The number of carboxylic acids is 1. The Morgan fingerprint density at radius 1 is 0.867 bits per heavy atom. The Bertz CT molecular complexity index is 1290. The Labute approximate surface area is 167 Å². The third kappa shape index (κ3) is 2.36. The van der Waals surface area contributed by atoms with Crippen LogP contribution in [0.3, 0.4) is 0 Å². The number of carbonyl (C=O) groups is 2. The second-order valence-electron chi connectivity index (χ2n) is 7.04. The molecule has 0 bridgehead atoms. The molecule has 0 fully saturated rings. The SMILES string of the molecule is O=C(O)c1ccc2c(c1-c1cccc(C3(C(F)(F)F)N=N3)c1)C(=O)c1ccccc1-2. The number of rotatable bonds is 3. The summed E-state index contributed by atoms with van der Waals surface area (Å²) in [4.78, 5) is 25.0. The predicted molar refractivity (Wildman–Crippen MR) is 100 cm³/mol. The van der Waals surface area contributed by atoms with Crippen LogP contribution in [-0.2, 0) is 5.66 Å². The fourth-order valence-corrected chi connectivity index (χ4v) is 3.93. The van der Waals surface area contributed by atoms with Crippen LogP contribution in [0.25, 0.3) is 22.3 Å². The van der Waals surface area contributed by atoms with Crippen LogP contribution < -0.4 is 0 Å². The summed E-state index contributed by atoms with van der Waals surface area (Å²) in [5.41, 5.74) is -0.979. The highest BCUT2D eigenvalue weighted by atomic mass is 19.4. The molecule has 3 aromatic carbocycles. The first-order chi connectivity index (χ1) is 14.2. The van der Waals surface area contributed by atoms with Gasteiger partial charge in [0.2, 0.25) is 0 Å². The fraction of sp³-hybridized carbons (Fsp3) is 0.0909. The van der Waals surface area contributed by atoms with E-state index in [1.54, 1.807) is 30.3 Å². The van der Waals surface area contributed by atoms with Gasteiger partial charge in [0.1, 0.15) is 0 Å². The number of ketones is 1. The Balaban J connectivity index is 1.76. The molecule has 0 saturated heterocycles. The van der Waals surface area contributed by atoms with E-state index in [0.29, 0.717) is 16.7 Å². The summed E-state index contributed by atoms with van der Waals surface area (Å²) in [5, 5.41) is 16.1. The summed E-state index contributed by atoms with van der Waals surface area (Å²) < 4.78 is 40.3. The first kappa shape index (κ1) is 18.2. The molecular weight excluding hydrogens is 397 g/mol. The Morgan fingerprint density at radius 2 is 1.57 bits per heavy atom. The highest BCUT2D eigenvalue weighted by Crippen LogP contribution is 2.53. The molecule has 1 N–H and O–H groups in total. The van der Waals surface area contributed by atoms with Crippen molar-refractivity contribution in [2.24, 2.45) is 10.2 Å². The molecule has 0 unspecified atom stereocenters. The van der Waals surface area contributed by atoms with Crippen LogP contribution in [0, 0.1) is 0 Å². The number of halogens is 3. The number of hydrogen-bond acceptors (Lipinski definition) is 4. The van der Waals surface area contributed by atoms with Crippen LogP contribution in [-0.4, -0.2) is 23.0 Å². The molecule has 2 aliphatic rings. The van der Waals surface area contributed by atoms with Crippen molar-refractivity contribution in [3.05, 3.63) is 82.9 Å². The fourth-order valence-electron chi connectivity index (χ4n) is 3.93. The maximum absolute atomic E-state index is 13.4. The number of alkyl halides is 3. The minimum Gasteiger partial charge on any atom is -0.478 e. The number of nitrogens with zero attached hydrogens (tertiary/aromatic N) is 2. The third-order valence-electron chi connectivity index (χ3n) is 5.37. The minimum atomic E-state index is -4.72. The van der Waals surface area contributed by atoms with Gasteiger partial charge in [-0.3, -0.25) is 4.79 Å². The van der Waals surface area contributed by atoms with Crippen molar-refractivity contribution >= 4 is 11.8 Å². The van der Waals surface area contributed by atoms with Gasteiger partial charge in [-0.15, -0.1) is 10.2 Å². The van der Waals surface area contributed by atoms with Crippen molar-refractivity contribution in [3.8, 4) is 22.3 Å². The average molecular weight is 408 g/mol. The number of benzene rings is 3. The van der Waals surface area contributed by atoms with Gasteiger partial charge in [-0.25, -0.2) is 4.79 Å². The first-order valence-electron chi connectivity index (χ1n) is 8.91. The highest BCUT2D eigenvalue weighted by Gasteiger charge is 2.65. The van der Waals surface area contributed by atoms with E-state index >= 15 is 0 Å². The van der Waals surface area contributed by atoms with Crippen LogP contribution in [0.15, 0.2) is 70.9 Å². The maximum atomic E-state index is 13.4. The lowest BCUT2D eigenvalue weighted by atomic mass is 9.88. The van der Waals surface area contributed by atoms with Gasteiger partial charge in [0, 0.05) is 22.3 Å². The van der Waals surface area contributed by atoms with Crippen molar-refractivity contribution in [1.82, 2.24) is 0 Å². The number of carbonyl (C=O) groups excluding carboxylic acids is 1. The van der Waals surface area contributed by atoms with E-state index in [2.05, 4.69) is 10.2 Å². The molecule has 0 saturated carbocycles. The topological polar surface area (TPSA) is 79.1 Å². The zero-order valence-corrected chi connectivity index (χ0v) is 15.1. The number of fused-ring (bicyclic) bond motifs is 3. The summed E-state index contributed by atoms with van der Waals surface area (Å²) in [6, 6.07) is 15.1. The molecular formula is C22H11F3N2O3. The summed E-state index contributed by atoms with van der Waals surface area (Å²) in [7, 11) is 0. The molecule has 0 spiro atoms. The normalized spacial score (nSPS) is 15.6. The monoisotopic (exact) mass is 408 g/mol.